The van der Waals surface area contributed by atoms with Crippen LogP contribution < -0.4 is 5.23 Å². The lowest BCUT2D eigenvalue weighted by atomic mass is 10.2. The molecule has 1 unspecified atom stereocenters. The van der Waals surface area contributed by atoms with E-state index in [2.05, 4.69) is 9.88 Å². The topological polar surface area (TPSA) is 58.6 Å². The van der Waals surface area contributed by atoms with E-state index in [-0.39, 0.29) is 6.61 Å². The third-order valence-corrected chi connectivity index (χ3v) is 0.914. The highest BCUT2D eigenvalue weighted by Gasteiger charge is 2.22. The number of carboxylic acid groups (broad SMARTS) is 1. The minimum Gasteiger partial charge on any atom is -0.480 e. The summed E-state index contributed by atoms with van der Waals surface area (Å²) in [6.45, 7) is 0.231. The van der Waals surface area contributed by atoms with E-state index in [0.717, 1.165) is 0 Å². The van der Waals surface area contributed by atoms with Crippen LogP contribution in [0.1, 0.15) is 0 Å². The van der Waals surface area contributed by atoms with Gasteiger partial charge >= 0.3 is 13.6 Å². The van der Waals surface area contributed by atoms with Gasteiger partial charge in [0.15, 0.2) is 0 Å². The number of carbonyl (C=O) groups is 1. The Labute approximate surface area is 47.1 Å². The van der Waals surface area contributed by atoms with Crippen LogP contribution in [0.15, 0.2) is 0 Å². The van der Waals surface area contributed by atoms with E-state index >= 15 is 0 Å². The van der Waals surface area contributed by atoms with Gasteiger partial charge in [-0.15, -0.1) is 0 Å². The number of rotatable bonds is 1. The number of carboxylic acids is 1. The molecule has 1 heterocycles. The van der Waals surface area contributed by atoms with Crippen molar-refractivity contribution < 1.29 is 14.6 Å². The molecule has 0 aliphatic carbocycles. The van der Waals surface area contributed by atoms with Crippen LogP contribution in [-0.2, 0) is 9.45 Å². The van der Waals surface area contributed by atoms with Crippen molar-refractivity contribution >= 4 is 13.6 Å². The summed E-state index contributed by atoms with van der Waals surface area (Å²) < 4.78 is 4.60. The standard InChI is InChI=1S/C3H5BNO3/c6-3(7)2-1-8-4-5-2/h2,5H,1H2,(H,6,7). The summed E-state index contributed by atoms with van der Waals surface area (Å²) in [4.78, 5) is 10.0. The summed E-state index contributed by atoms with van der Waals surface area (Å²) in [5.74, 6) is -0.876. The quantitative estimate of drug-likeness (QED) is 0.411. The lowest BCUT2D eigenvalue weighted by Crippen LogP contribution is -2.33. The van der Waals surface area contributed by atoms with Gasteiger partial charge in [0.25, 0.3) is 0 Å². The molecule has 1 fully saturated rings. The van der Waals surface area contributed by atoms with E-state index in [0.29, 0.717) is 0 Å². The maximum absolute atomic E-state index is 10.0. The Morgan fingerprint density at radius 1 is 2.00 bits per heavy atom. The number of aliphatic carboxylic acids is 1. The first-order chi connectivity index (χ1) is 3.80. The molecule has 1 aliphatic heterocycles. The molecule has 8 heavy (non-hydrogen) atoms. The van der Waals surface area contributed by atoms with Crippen LogP contribution in [0.2, 0.25) is 0 Å². The van der Waals surface area contributed by atoms with Gasteiger partial charge in [-0.1, -0.05) is 0 Å². The molecule has 5 heteroatoms. The van der Waals surface area contributed by atoms with Gasteiger partial charge in [0, 0.05) is 0 Å². The van der Waals surface area contributed by atoms with Gasteiger partial charge in [-0.25, -0.2) is 0 Å². The number of nitrogens with one attached hydrogen (secondary N) is 1. The van der Waals surface area contributed by atoms with Crippen LogP contribution in [0.4, 0.5) is 0 Å². The SMILES string of the molecule is O=C(O)C1CO[B]N1. The van der Waals surface area contributed by atoms with Crippen LogP contribution in [-0.4, -0.2) is 31.3 Å². The second-order valence-corrected chi connectivity index (χ2v) is 1.51. The molecular formula is C3H5BNO3. The van der Waals surface area contributed by atoms with E-state index in [1.165, 1.54) is 7.62 Å². The Morgan fingerprint density at radius 2 is 2.75 bits per heavy atom. The second-order valence-electron chi connectivity index (χ2n) is 1.51. The molecule has 1 aliphatic rings. The smallest absolute Gasteiger partial charge is 0.396 e. The van der Waals surface area contributed by atoms with E-state index in [1.807, 2.05) is 0 Å². The summed E-state index contributed by atoms with van der Waals surface area (Å²) >= 11 is 0. The van der Waals surface area contributed by atoms with Crippen molar-refractivity contribution in [3.05, 3.63) is 0 Å². The zero-order chi connectivity index (χ0) is 5.98. The molecule has 0 aromatic carbocycles. The molecule has 1 atom stereocenters. The Hall–Kier alpha value is -0.545. The van der Waals surface area contributed by atoms with Crippen LogP contribution >= 0.6 is 0 Å². The Kier molecular flexibility index (Phi) is 1.50. The Morgan fingerprint density at radius 3 is 3.00 bits per heavy atom. The van der Waals surface area contributed by atoms with Gasteiger partial charge in [-0.05, 0) is 0 Å². The van der Waals surface area contributed by atoms with Gasteiger partial charge < -0.3 is 15.0 Å². The van der Waals surface area contributed by atoms with Crippen LogP contribution in [0, 0.1) is 0 Å². The highest BCUT2D eigenvalue weighted by Crippen LogP contribution is 1.90. The molecule has 1 rings (SSSR count). The first-order valence-corrected chi connectivity index (χ1v) is 2.23. The van der Waals surface area contributed by atoms with Gasteiger partial charge in [0.1, 0.15) is 6.04 Å². The average molecular weight is 114 g/mol. The van der Waals surface area contributed by atoms with E-state index in [9.17, 15) is 4.79 Å². The van der Waals surface area contributed by atoms with Gasteiger partial charge in [0.2, 0.25) is 0 Å². The minimum absolute atomic E-state index is 0.231. The highest BCUT2D eigenvalue weighted by molar-refractivity contribution is 6.25. The van der Waals surface area contributed by atoms with Crippen LogP contribution in [0.25, 0.3) is 0 Å². The fourth-order valence-corrected chi connectivity index (χ4v) is 0.465. The zero-order valence-electron chi connectivity index (χ0n) is 4.13. The molecule has 4 nitrogen and oxygen atoms in total. The third-order valence-electron chi connectivity index (χ3n) is 0.914. The van der Waals surface area contributed by atoms with Crippen molar-refractivity contribution in [2.24, 2.45) is 0 Å². The molecule has 0 aromatic heterocycles. The van der Waals surface area contributed by atoms with Crippen molar-refractivity contribution in [2.45, 2.75) is 6.04 Å². The molecule has 0 amide bonds. The molecule has 1 radical (unpaired) electrons. The summed E-state index contributed by atoms with van der Waals surface area (Å²) in [6.07, 6.45) is 0. The summed E-state index contributed by atoms with van der Waals surface area (Å²) in [5.41, 5.74) is 0. The predicted molar refractivity (Wildman–Crippen MR) is 26.3 cm³/mol. The summed E-state index contributed by atoms with van der Waals surface area (Å²) in [6, 6.07) is -0.546. The molecule has 0 spiro atoms. The number of hydrogen-bond acceptors (Lipinski definition) is 3. The maximum atomic E-state index is 10.0. The van der Waals surface area contributed by atoms with Crippen molar-refractivity contribution in [2.75, 3.05) is 6.61 Å². The molecule has 1 saturated heterocycles. The Balaban J connectivity index is 2.35. The average Bonchev–Trinajstić information content (AvgIpc) is 2.12. The van der Waals surface area contributed by atoms with Crippen LogP contribution in [0.5, 0.6) is 0 Å². The molecule has 0 saturated carbocycles. The third kappa shape index (κ3) is 0.990. The summed E-state index contributed by atoms with van der Waals surface area (Å²) in [7, 11) is 1.29. The van der Waals surface area contributed by atoms with Crippen LogP contribution in [0.3, 0.4) is 0 Å². The first kappa shape index (κ1) is 5.59. The monoisotopic (exact) mass is 114 g/mol. The molecule has 0 aromatic rings. The molecular weight excluding hydrogens is 109 g/mol. The predicted octanol–water partition coefficient (Wildman–Crippen LogP) is -1.41. The minimum atomic E-state index is -0.876. The zero-order valence-corrected chi connectivity index (χ0v) is 4.13. The van der Waals surface area contributed by atoms with Crippen molar-refractivity contribution in [3.8, 4) is 0 Å². The maximum Gasteiger partial charge on any atom is 0.396 e. The van der Waals surface area contributed by atoms with E-state index < -0.39 is 12.0 Å². The highest BCUT2D eigenvalue weighted by atomic mass is 16.4. The Bertz CT molecular complexity index is 101. The first-order valence-electron chi connectivity index (χ1n) is 2.23. The summed E-state index contributed by atoms with van der Waals surface area (Å²) in [5, 5.41) is 10.8. The lowest BCUT2D eigenvalue weighted by Gasteiger charge is -1.97. The van der Waals surface area contributed by atoms with Gasteiger partial charge in [-0.3, -0.25) is 4.79 Å². The normalized spacial score (nSPS) is 27.2. The van der Waals surface area contributed by atoms with E-state index in [4.69, 9.17) is 5.11 Å². The van der Waals surface area contributed by atoms with Crippen molar-refractivity contribution in [1.82, 2.24) is 5.23 Å². The fraction of sp³-hybridized carbons (Fsp3) is 0.667. The number of hydrogen-bond donors (Lipinski definition) is 2. The largest absolute Gasteiger partial charge is 0.480 e. The van der Waals surface area contributed by atoms with E-state index in [1.54, 1.807) is 0 Å². The van der Waals surface area contributed by atoms with Gasteiger partial charge in [0.05, 0.1) is 6.61 Å². The molecule has 43 valence electrons. The fourth-order valence-electron chi connectivity index (χ4n) is 0.465. The van der Waals surface area contributed by atoms with Crippen molar-refractivity contribution in [1.29, 1.82) is 0 Å². The van der Waals surface area contributed by atoms with Gasteiger partial charge in [-0.2, -0.15) is 0 Å². The second kappa shape index (κ2) is 2.15. The lowest BCUT2D eigenvalue weighted by molar-refractivity contribution is -0.139. The molecule has 0 bridgehead atoms. The molecule has 2 N–H and O–H groups in total. The van der Waals surface area contributed by atoms with Crippen molar-refractivity contribution in [3.63, 3.8) is 0 Å².